The van der Waals surface area contributed by atoms with Crippen molar-refractivity contribution in [3.05, 3.63) is 62.6 Å². The van der Waals surface area contributed by atoms with E-state index >= 15 is 0 Å². The molecule has 1 heterocycles. The fourth-order valence-corrected chi connectivity index (χ4v) is 4.08. The Morgan fingerprint density at radius 3 is 2.43 bits per heavy atom. The van der Waals surface area contributed by atoms with E-state index in [4.69, 9.17) is 25.8 Å². The Labute approximate surface area is 213 Å². The maximum Gasteiger partial charge on any atom is 0.268 e. The van der Waals surface area contributed by atoms with E-state index in [-0.39, 0.29) is 17.2 Å². The van der Waals surface area contributed by atoms with Crippen molar-refractivity contribution in [2.75, 3.05) is 25.1 Å². The summed E-state index contributed by atoms with van der Waals surface area (Å²) in [5.74, 6) is 0.937. The fourth-order valence-electron chi connectivity index (χ4n) is 3.22. The number of nitrogens with zero attached hydrogens (tertiary/aromatic N) is 3. The first-order valence-electron chi connectivity index (χ1n) is 10.8. The van der Waals surface area contributed by atoms with Gasteiger partial charge in [0, 0.05) is 0 Å². The second-order valence-electron chi connectivity index (χ2n) is 7.53. The standard InChI is InChI=1S/C25H25ClN4O4S/c1-5-32-22-13-18(11-19(14-27)24(31)28-25-30-29-17(4)35-25)12-21(26)23(22)34-7-6-33-20-9-15(2)8-16(3)10-20/h8-13H,5-7H2,1-4H3,(H,28,30,31)/b19-11-. The lowest BCUT2D eigenvalue weighted by atomic mass is 10.1. The number of benzene rings is 2. The highest BCUT2D eigenvalue weighted by Crippen LogP contribution is 2.37. The molecule has 1 N–H and O–H groups in total. The molecule has 1 amide bonds. The molecule has 1 aromatic heterocycles. The van der Waals surface area contributed by atoms with Gasteiger partial charge in [0.2, 0.25) is 5.13 Å². The van der Waals surface area contributed by atoms with Crippen LogP contribution in [0.25, 0.3) is 6.08 Å². The maximum atomic E-state index is 12.5. The zero-order valence-electron chi connectivity index (χ0n) is 19.8. The van der Waals surface area contributed by atoms with E-state index in [1.807, 2.05) is 39.0 Å². The van der Waals surface area contributed by atoms with Crippen LogP contribution in [0, 0.1) is 32.1 Å². The Morgan fingerprint density at radius 1 is 1.09 bits per heavy atom. The molecule has 3 rings (SSSR count). The van der Waals surface area contributed by atoms with Crippen molar-refractivity contribution in [1.82, 2.24) is 10.2 Å². The first-order chi connectivity index (χ1) is 16.8. The number of hydrogen-bond acceptors (Lipinski definition) is 8. The van der Waals surface area contributed by atoms with Gasteiger partial charge in [0.25, 0.3) is 5.91 Å². The quantitative estimate of drug-likeness (QED) is 0.216. The molecule has 0 atom stereocenters. The Morgan fingerprint density at radius 2 is 1.80 bits per heavy atom. The van der Waals surface area contributed by atoms with Crippen molar-refractivity contribution in [3.63, 3.8) is 0 Å². The molecule has 0 bridgehead atoms. The van der Waals surface area contributed by atoms with Crippen LogP contribution < -0.4 is 19.5 Å². The molecule has 0 aliphatic heterocycles. The second-order valence-corrected chi connectivity index (χ2v) is 9.12. The smallest absolute Gasteiger partial charge is 0.268 e. The molecule has 0 spiro atoms. The number of nitriles is 1. The second kappa shape index (κ2) is 12.2. The van der Waals surface area contributed by atoms with Crippen molar-refractivity contribution in [2.24, 2.45) is 0 Å². The number of rotatable bonds is 10. The predicted molar refractivity (Wildman–Crippen MR) is 136 cm³/mol. The van der Waals surface area contributed by atoms with E-state index in [1.54, 1.807) is 19.1 Å². The van der Waals surface area contributed by atoms with Crippen LogP contribution in [-0.2, 0) is 4.79 Å². The van der Waals surface area contributed by atoms with Crippen LogP contribution in [0.15, 0.2) is 35.9 Å². The molecule has 0 radical (unpaired) electrons. The molecular formula is C25H25ClN4O4S. The van der Waals surface area contributed by atoms with Gasteiger partial charge in [-0.15, -0.1) is 10.2 Å². The first-order valence-corrected chi connectivity index (χ1v) is 12.0. The molecule has 2 aromatic carbocycles. The van der Waals surface area contributed by atoms with E-state index in [0.717, 1.165) is 16.9 Å². The Kier molecular flexibility index (Phi) is 9.06. The average molecular weight is 513 g/mol. The summed E-state index contributed by atoms with van der Waals surface area (Å²) in [6, 6.07) is 11.2. The van der Waals surface area contributed by atoms with E-state index in [1.165, 1.54) is 17.4 Å². The fraction of sp³-hybridized carbons (Fsp3) is 0.280. The molecule has 35 heavy (non-hydrogen) atoms. The molecule has 0 aliphatic rings. The number of amides is 1. The highest BCUT2D eigenvalue weighted by molar-refractivity contribution is 7.15. The van der Waals surface area contributed by atoms with Gasteiger partial charge in [-0.2, -0.15) is 5.26 Å². The number of aryl methyl sites for hydroxylation is 3. The number of anilines is 1. The van der Waals surface area contributed by atoms with Crippen LogP contribution >= 0.6 is 22.9 Å². The number of aromatic nitrogens is 2. The highest BCUT2D eigenvalue weighted by Gasteiger charge is 2.16. The van der Waals surface area contributed by atoms with Crippen LogP contribution in [0.2, 0.25) is 5.02 Å². The SMILES string of the molecule is CCOc1cc(/C=C(/C#N)C(=O)Nc2nnc(C)s2)cc(Cl)c1OCCOc1cc(C)cc(C)c1. The van der Waals surface area contributed by atoms with Crippen molar-refractivity contribution in [3.8, 4) is 23.3 Å². The lowest BCUT2D eigenvalue weighted by molar-refractivity contribution is -0.112. The van der Waals surface area contributed by atoms with E-state index in [9.17, 15) is 10.1 Å². The van der Waals surface area contributed by atoms with Crippen molar-refractivity contribution < 1.29 is 19.0 Å². The predicted octanol–water partition coefficient (Wildman–Crippen LogP) is 5.52. The first kappa shape index (κ1) is 26.0. The molecule has 0 fully saturated rings. The Bertz CT molecular complexity index is 1260. The van der Waals surface area contributed by atoms with Crippen LogP contribution in [0.3, 0.4) is 0 Å². The van der Waals surface area contributed by atoms with Gasteiger partial charge in [0.1, 0.15) is 35.6 Å². The highest BCUT2D eigenvalue weighted by atomic mass is 35.5. The summed E-state index contributed by atoms with van der Waals surface area (Å²) >= 11 is 7.69. The molecule has 0 unspecified atom stereocenters. The molecule has 0 saturated carbocycles. The minimum absolute atomic E-state index is 0.119. The van der Waals surface area contributed by atoms with E-state index in [2.05, 4.69) is 21.6 Å². The topological polar surface area (TPSA) is 106 Å². The van der Waals surface area contributed by atoms with Crippen LogP contribution in [0.5, 0.6) is 17.2 Å². The van der Waals surface area contributed by atoms with E-state index in [0.29, 0.717) is 40.4 Å². The molecule has 0 aliphatic carbocycles. The summed E-state index contributed by atoms with van der Waals surface area (Å²) in [4.78, 5) is 12.5. The van der Waals surface area contributed by atoms with Crippen LogP contribution in [-0.4, -0.2) is 35.9 Å². The number of nitrogens with one attached hydrogen (secondary N) is 1. The molecule has 10 heteroatoms. The summed E-state index contributed by atoms with van der Waals surface area (Å²) in [5, 5.41) is 21.0. The van der Waals surface area contributed by atoms with Crippen LogP contribution in [0.4, 0.5) is 5.13 Å². The van der Waals surface area contributed by atoms with Crippen molar-refractivity contribution >= 4 is 40.1 Å². The zero-order valence-corrected chi connectivity index (χ0v) is 21.4. The number of carbonyl (C=O) groups is 1. The van der Waals surface area contributed by atoms with Gasteiger partial charge in [-0.3, -0.25) is 10.1 Å². The van der Waals surface area contributed by atoms with Gasteiger partial charge in [-0.05, 0) is 74.7 Å². The molecule has 0 saturated heterocycles. The normalized spacial score (nSPS) is 11.0. The zero-order chi connectivity index (χ0) is 25.4. The summed E-state index contributed by atoms with van der Waals surface area (Å²) in [7, 11) is 0. The Hall–Kier alpha value is -3.61. The molecular weight excluding hydrogens is 488 g/mol. The molecule has 8 nitrogen and oxygen atoms in total. The number of carbonyl (C=O) groups excluding carboxylic acids is 1. The summed E-state index contributed by atoms with van der Waals surface area (Å²) in [5.41, 5.74) is 2.63. The maximum absolute atomic E-state index is 12.5. The molecule has 3 aromatic rings. The minimum atomic E-state index is -0.596. The van der Waals surface area contributed by atoms with Gasteiger partial charge in [-0.25, -0.2) is 0 Å². The molecule has 182 valence electrons. The van der Waals surface area contributed by atoms with E-state index < -0.39 is 5.91 Å². The van der Waals surface area contributed by atoms with Gasteiger partial charge in [0.05, 0.1) is 11.6 Å². The third-order valence-electron chi connectivity index (χ3n) is 4.55. The average Bonchev–Trinajstić information content (AvgIpc) is 3.20. The summed E-state index contributed by atoms with van der Waals surface area (Å²) in [6.45, 7) is 8.57. The number of ether oxygens (including phenoxy) is 3. The third-order valence-corrected chi connectivity index (χ3v) is 5.58. The third kappa shape index (κ3) is 7.44. The van der Waals surface area contributed by atoms with Gasteiger partial charge < -0.3 is 14.2 Å². The summed E-state index contributed by atoms with van der Waals surface area (Å²) < 4.78 is 17.3. The van der Waals surface area contributed by atoms with Crippen molar-refractivity contribution in [1.29, 1.82) is 5.26 Å². The van der Waals surface area contributed by atoms with Gasteiger partial charge in [0.15, 0.2) is 11.5 Å². The van der Waals surface area contributed by atoms with Gasteiger partial charge >= 0.3 is 0 Å². The Balaban J connectivity index is 1.72. The monoisotopic (exact) mass is 512 g/mol. The lowest BCUT2D eigenvalue weighted by Gasteiger charge is -2.15. The summed E-state index contributed by atoms with van der Waals surface area (Å²) in [6.07, 6.45) is 1.42. The number of hydrogen-bond donors (Lipinski definition) is 1. The number of halogens is 1. The lowest BCUT2D eigenvalue weighted by Crippen LogP contribution is -2.13. The largest absolute Gasteiger partial charge is 0.490 e. The minimum Gasteiger partial charge on any atom is -0.490 e. The van der Waals surface area contributed by atoms with Crippen LogP contribution in [0.1, 0.15) is 28.6 Å². The van der Waals surface area contributed by atoms with Gasteiger partial charge in [-0.1, -0.05) is 29.0 Å². The van der Waals surface area contributed by atoms with Crippen molar-refractivity contribution in [2.45, 2.75) is 27.7 Å².